The van der Waals surface area contributed by atoms with Crippen LogP contribution in [0.5, 0.6) is 0 Å². The Bertz CT molecular complexity index is 674. The maximum Gasteiger partial charge on any atom is 0.294 e. The van der Waals surface area contributed by atoms with Crippen LogP contribution in [0.2, 0.25) is 0 Å². The van der Waals surface area contributed by atoms with Crippen LogP contribution < -0.4 is 15.5 Å². The first kappa shape index (κ1) is 20.2. The Morgan fingerprint density at radius 1 is 1.33 bits per heavy atom. The number of rotatable bonds is 7. The highest BCUT2D eigenvalue weighted by Crippen LogP contribution is 2.34. The van der Waals surface area contributed by atoms with Crippen molar-refractivity contribution in [3.05, 3.63) is 23.8 Å². The van der Waals surface area contributed by atoms with E-state index >= 15 is 0 Å². The lowest BCUT2D eigenvalue weighted by Crippen LogP contribution is -3.17. The number of piperidine rings is 1. The SMILES string of the molecule is CC(C)OCCCNC(=O)c1ccc2c(c1)NC(=O)C([NH+]1CCCCC1)S2. The summed E-state index contributed by atoms with van der Waals surface area (Å²) in [6.07, 6.45) is 4.63. The summed E-state index contributed by atoms with van der Waals surface area (Å²) in [5.74, 6) is -0.0711. The molecule has 0 radical (unpaired) electrons. The quantitative estimate of drug-likeness (QED) is 0.618. The van der Waals surface area contributed by atoms with Crippen molar-refractivity contribution >= 4 is 29.3 Å². The molecule has 1 aromatic carbocycles. The van der Waals surface area contributed by atoms with Gasteiger partial charge in [-0.1, -0.05) is 11.8 Å². The number of hydrogen-bond acceptors (Lipinski definition) is 4. The third-order valence-electron chi connectivity index (χ3n) is 4.91. The van der Waals surface area contributed by atoms with E-state index in [1.807, 2.05) is 26.0 Å². The zero-order chi connectivity index (χ0) is 19.2. The van der Waals surface area contributed by atoms with Crippen LogP contribution in [0.1, 0.15) is 49.9 Å². The number of quaternary nitrogens is 1. The van der Waals surface area contributed by atoms with Crippen molar-refractivity contribution in [2.24, 2.45) is 0 Å². The Kier molecular flexibility index (Phi) is 7.15. The fourth-order valence-electron chi connectivity index (χ4n) is 3.48. The molecule has 2 aliphatic rings. The van der Waals surface area contributed by atoms with Gasteiger partial charge in [-0.15, -0.1) is 0 Å². The molecule has 0 bridgehead atoms. The zero-order valence-electron chi connectivity index (χ0n) is 16.2. The van der Waals surface area contributed by atoms with E-state index in [9.17, 15) is 9.59 Å². The molecule has 1 aromatic rings. The van der Waals surface area contributed by atoms with Crippen LogP contribution in [0.25, 0.3) is 0 Å². The molecule has 1 fully saturated rings. The smallest absolute Gasteiger partial charge is 0.294 e. The average Bonchev–Trinajstić information content (AvgIpc) is 2.67. The lowest BCUT2D eigenvalue weighted by atomic mass is 10.1. The molecule has 3 rings (SSSR count). The van der Waals surface area contributed by atoms with Crippen molar-refractivity contribution in [3.8, 4) is 0 Å². The monoisotopic (exact) mass is 392 g/mol. The van der Waals surface area contributed by atoms with Crippen molar-refractivity contribution < 1.29 is 19.2 Å². The van der Waals surface area contributed by atoms with Gasteiger partial charge in [-0.3, -0.25) is 9.59 Å². The molecule has 148 valence electrons. The minimum absolute atomic E-state index is 0.0489. The number of hydrogen-bond donors (Lipinski definition) is 3. The molecule has 1 unspecified atom stereocenters. The highest BCUT2D eigenvalue weighted by Gasteiger charge is 2.36. The lowest BCUT2D eigenvalue weighted by Gasteiger charge is -2.33. The molecule has 7 heteroatoms. The number of fused-ring (bicyclic) bond motifs is 1. The zero-order valence-corrected chi connectivity index (χ0v) is 17.0. The van der Waals surface area contributed by atoms with Crippen molar-refractivity contribution in [2.45, 2.75) is 55.9 Å². The third-order valence-corrected chi connectivity index (χ3v) is 6.30. The normalized spacial score (nSPS) is 20.3. The second kappa shape index (κ2) is 9.57. The molecule has 2 heterocycles. The molecule has 2 aliphatic heterocycles. The molecule has 0 spiro atoms. The van der Waals surface area contributed by atoms with Crippen molar-refractivity contribution in [3.63, 3.8) is 0 Å². The van der Waals surface area contributed by atoms with Crippen LogP contribution in [-0.4, -0.2) is 49.5 Å². The van der Waals surface area contributed by atoms with Crippen LogP contribution in [0.4, 0.5) is 5.69 Å². The summed E-state index contributed by atoms with van der Waals surface area (Å²) in [6.45, 7) is 7.31. The van der Waals surface area contributed by atoms with E-state index in [0.29, 0.717) is 18.7 Å². The van der Waals surface area contributed by atoms with Crippen molar-refractivity contribution in [1.82, 2.24) is 5.32 Å². The highest BCUT2D eigenvalue weighted by atomic mass is 32.2. The van der Waals surface area contributed by atoms with E-state index in [4.69, 9.17) is 4.74 Å². The van der Waals surface area contributed by atoms with Gasteiger partial charge < -0.3 is 20.3 Å². The molecule has 0 aliphatic carbocycles. The first-order valence-electron chi connectivity index (χ1n) is 9.90. The molecule has 1 saturated heterocycles. The summed E-state index contributed by atoms with van der Waals surface area (Å²) in [5, 5.41) is 5.83. The minimum atomic E-state index is -0.120. The topological polar surface area (TPSA) is 71.9 Å². The second-order valence-corrected chi connectivity index (χ2v) is 8.59. The molecule has 1 atom stereocenters. The first-order chi connectivity index (χ1) is 13.0. The summed E-state index contributed by atoms with van der Waals surface area (Å²) in [7, 11) is 0. The van der Waals surface area contributed by atoms with Gasteiger partial charge in [0.05, 0.1) is 24.9 Å². The largest absolute Gasteiger partial charge is 0.379 e. The average molecular weight is 393 g/mol. The number of benzene rings is 1. The molecule has 6 nitrogen and oxygen atoms in total. The maximum absolute atomic E-state index is 12.6. The molecular weight excluding hydrogens is 362 g/mol. The molecule has 0 saturated carbocycles. The van der Waals surface area contributed by atoms with Crippen LogP contribution in [-0.2, 0) is 9.53 Å². The summed E-state index contributed by atoms with van der Waals surface area (Å²) in [5.41, 5.74) is 1.32. The van der Waals surface area contributed by atoms with Gasteiger partial charge in [0.1, 0.15) is 0 Å². The molecular formula is C20H30N3O3S+. The number of amides is 2. The standard InChI is InChI=1S/C20H29N3O3S/c1-14(2)26-12-6-9-21-18(24)15-7-8-17-16(13-15)22-19(25)20(27-17)23-10-4-3-5-11-23/h7-8,13-14,20H,3-6,9-12H2,1-2H3,(H,21,24)(H,22,25)/p+1. The van der Waals surface area contributed by atoms with Gasteiger partial charge in [0.25, 0.3) is 11.8 Å². The number of nitrogens with one attached hydrogen (secondary N) is 3. The Morgan fingerprint density at radius 2 is 2.11 bits per heavy atom. The van der Waals surface area contributed by atoms with Gasteiger partial charge in [0.2, 0.25) is 5.37 Å². The van der Waals surface area contributed by atoms with E-state index in [-0.39, 0.29) is 23.3 Å². The number of ether oxygens (including phenoxy) is 1. The van der Waals surface area contributed by atoms with Gasteiger partial charge >= 0.3 is 0 Å². The number of carbonyl (C=O) groups is 2. The van der Waals surface area contributed by atoms with Crippen molar-refractivity contribution in [2.75, 3.05) is 31.6 Å². The van der Waals surface area contributed by atoms with E-state index in [1.54, 1.807) is 17.8 Å². The van der Waals surface area contributed by atoms with E-state index in [2.05, 4.69) is 10.6 Å². The van der Waals surface area contributed by atoms with Crippen LogP contribution in [0, 0.1) is 0 Å². The van der Waals surface area contributed by atoms with Gasteiger partial charge in [-0.25, -0.2) is 0 Å². The van der Waals surface area contributed by atoms with Gasteiger partial charge in [0.15, 0.2) is 0 Å². The molecule has 0 aromatic heterocycles. The van der Waals surface area contributed by atoms with Crippen LogP contribution >= 0.6 is 11.8 Å². The molecule has 3 N–H and O–H groups in total. The predicted octanol–water partition coefficient (Wildman–Crippen LogP) is 1.67. The third kappa shape index (κ3) is 5.46. The van der Waals surface area contributed by atoms with E-state index in [1.165, 1.54) is 24.2 Å². The Balaban J connectivity index is 1.56. The maximum atomic E-state index is 12.6. The molecule has 2 amide bonds. The number of likely N-dealkylation sites (tertiary alicyclic amines) is 1. The van der Waals surface area contributed by atoms with E-state index < -0.39 is 0 Å². The fraction of sp³-hybridized carbons (Fsp3) is 0.600. The second-order valence-electron chi connectivity index (χ2n) is 7.45. The predicted molar refractivity (Wildman–Crippen MR) is 107 cm³/mol. The Hall–Kier alpha value is -1.57. The Morgan fingerprint density at radius 3 is 2.85 bits per heavy atom. The van der Waals surface area contributed by atoms with Crippen LogP contribution in [0.15, 0.2) is 23.1 Å². The fourth-order valence-corrected chi connectivity index (χ4v) is 4.69. The van der Waals surface area contributed by atoms with Gasteiger partial charge in [0, 0.05) is 23.6 Å². The summed E-state index contributed by atoms with van der Waals surface area (Å²) < 4.78 is 5.47. The summed E-state index contributed by atoms with van der Waals surface area (Å²) in [6, 6.07) is 5.57. The highest BCUT2D eigenvalue weighted by molar-refractivity contribution is 8.00. The van der Waals surface area contributed by atoms with Gasteiger partial charge in [-0.05, 0) is 57.7 Å². The summed E-state index contributed by atoms with van der Waals surface area (Å²) in [4.78, 5) is 27.3. The number of anilines is 1. The van der Waals surface area contributed by atoms with E-state index in [0.717, 1.165) is 30.1 Å². The molecule has 27 heavy (non-hydrogen) atoms. The van der Waals surface area contributed by atoms with Gasteiger partial charge in [-0.2, -0.15) is 0 Å². The minimum Gasteiger partial charge on any atom is -0.379 e. The Labute approximate surface area is 165 Å². The van der Waals surface area contributed by atoms with Crippen LogP contribution in [0.3, 0.4) is 0 Å². The number of thioether (sulfide) groups is 1. The lowest BCUT2D eigenvalue weighted by molar-refractivity contribution is -0.906. The number of carbonyl (C=O) groups excluding carboxylic acids is 2. The summed E-state index contributed by atoms with van der Waals surface area (Å²) >= 11 is 1.62. The first-order valence-corrected chi connectivity index (χ1v) is 10.8. The van der Waals surface area contributed by atoms with Crippen molar-refractivity contribution in [1.29, 1.82) is 0 Å².